The molecule has 1 aliphatic carbocycles. The molecule has 3 rings (SSSR count). The lowest BCUT2D eigenvalue weighted by Gasteiger charge is -2.00. The number of nitrogens with zero attached hydrogens (tertiary/aromatic N) is 2. The van der Waals surface area contributed by atoms with E-state index in [2.05, 4.69) is 24.0 Å². The predicted octanol–water partition coefficient (Wildman–Crippen LogP) is 4.28. The van der Waals surface area contributed by atoms with Crippen LogP contribution in [0, 0.1) is 11.8 Å². The molecule has 0 saturated heterocycles. The molecule has 1 aromatic heterocycles. The quantitative estimate of drug-likeness (QED) is 0.794. The average Bonchev–Trinajstić information content (AvgIpc) is 2.76. The van der Waals surface area contributed by atoms with Gasteiger partial charge in [0, 0.05) is 11.5 Å². The second-order valence-electron chi connectivity index (χ2n) is 5.24. The van der Waals surface area contributed by atoms with Crippen LogP contribution < -0.4 is 0 Å². The van der Waals surface area contributed by atoms with E-state index in [4.69, 9.17) is 27.7 Å². The zero-order valence-corrected chi connectivity index (χ0v) is 12.2. The molecule has 1 aliphatic rings. The Labute approximate surface area is 121 Å². The van der Waals surface area contributed by atoms with E-state index in [1.54, 1.807) is 0 Å². The summed E-state index contributed by atoms with van der Waals surface area (Å²) in [5.41, 5.74) is 0.925. The summed E-state index contributed by atoms with van der Waals surface area (Å²) in [6.07, 6.45) is 0. The zero-order chi connectivity index (χ0) is 13.6. The van der Waals surface area contributed by atoms with E-state index in [1.807, 2.05) is 30.3 Å². The molecule has 0 N–H and O–H groups in total. The van der Waals surface area contributed by atoms with E-state index in [0.29, 0.717) is 17.6 Å². The van der Waals surface area contributed by atoms with Crippen LogP contribution in [0.2, 0.25) is 0 Å². The Hall–Kier alpha value is -1.06. The molecule has 2 aromatic rings. The molecule has 1 aromatic carbocycles. The van der Waals surface area contributed by atoms with Gasteiger partial charge in [0.05, 0.1) is 5.92 Å². The van der Waals surface area contributed by atoms with Gasteiger partial charge in [0.2, 0.25) is 11.7 Å². The number of halogens is 2. The van der Waals surface area contributed by atoms with Gasteiger partial charge in [-0.2, -0.15) is 4.98 Å². The number of alkyl halides is 2. The Morgan fingerprint density at radius 3 is 2.47 bits per heavy atom. The van der Waals surface area contributed by atoms with E-state index in [9.17, 15) is 0 Å². The lowest BCUT2D eigenvalue weighted by atomic mass is 10.1. The van der Waals surface area contributed by atoms with Crippen molar-refractivity contribution in [1.82, 2.24) is 10.1 Å². The van der Waals surface area contributed by atoms with E-state index in [-0.39, 0.29) is 11.8 Å². The molecule has 0 radical (unpaired) electrons. The molecule has 5 heteroatoms. The number of aromatic nitrogens is 2. The largest absolute Gasteiger partial charge is 0.339 e. The second kappa shape index (κ2) is 4.50. The van der Waals surface area contributed by atoms with Crippen molar-refractivity contribution >= 4 is 23.2 Å². The van der Waals surface area contributed by atoms with Crippen LogP contribution in [0.4, 0.5) is 0 Å². The van der Waals surface area contributed by atoms with Crippen LogP contribution in [0.3, 0.4) is 0 Å². The highest BCUT2D eigenvalue weighted by atomic mass is 35.5. The topological polar surface area (TPSA) is 38.9 Å². The summed E-state index contributed by atoms with van der Waals surface area (Å²) in [6, 6.07) is 9.70. The highest BCUT2D eigenvalue weighted by Gasteiger charge is 2.67. The monoisotopic (exact) mass is 296 g/mol. The number of hydrogen-bond donors (Lipinski definition) is 0. The lowest BCUT2D eigenvalue weighted by Crippen LogP contribution is -1.97. The molecule has 1 saturated carbocycles. The summed E-state index contributed by atoms with van der Waals surface area (Å²) in [5.74, 6) is 1.59. The van der Waals surface area contributed by atoms with E-state index in [1.165, 1.54) is 0 Å². The molecule has 0 aliphatic heterocycles. The van der Waals surface area contributed by atoms with Crippen molar-refractivity contribution in [3.05, 3.63) is 36.2 Å². The molecule has 2 unspecified atom stereocenters. The van der Waals surface area contributed by atoms with Crippen LogP contribution in [0.15, 0.2) is 34.9 Å². The van der Waals surface area contributed by atoms with Crippen LogP contribution in [-0.4, -0.2) is 14.5 Å². The first kappa shape index (κ1) is 12.9. The van der Waals surface area contributed by atoms with E-state index >= 15 is 0 Å². The second-order valence-corrected chi connectivity index (χ2v) is 6.69. The molecule has 0 spiro atoms. The standard InChI is InChI=1S/C14H14Cl2N2O/c1-8(2)10-11(14(10,15)16)13-17-12(18-19-13)9-6-4-3-5-7-9/h3-8,10-11H,1-2H3. The fourth-order valence-corrected chi connectivity index (χ4v) is 3.65. The lowest BCUT2D eigenvalue weighted by molar-refractivity contribution is 0.369. The summed E-state index contributed by atoms with van der Waals surface area (Å²) in [7, 11) is 0. The third-order valence-electron chi connectivity index (χ3n) is 3.57. The minimum Gasteiger partial charge on any atom is -0.339 e. The number of rotatable bonds is 3. The average molecular weight is 297 g/mol. The van der Waals surface area contributed by atoms with Gasteiger partial charge in [-0.05, 0) is 5.92 Å². The minimum atomic E-state index is -0.783. The van der Waals surface area contributed by atoms with Crippen LogP contribution in [-0.2, 0) is 0 Å². The van der Waals surface area contributed by atoms with Gasteiger partial charge in [-0.3, -0.25) is 0 Å². The highest BCUT2D eigenvalue weighted by Crippen LogP contribution is 2.67. The molecule has 3 nitrogen and oxygen atoms in total. The molecule has 1 heterocycles. The van der Waals surface area contributed by atoms with Crippen molar-refractivity contribution in [1.29, 1.82) is 0 Å². The van der Waals surface area contributed by atoms with Gasteiger partial charge in [-0.25, -0.2) is 0 Å². The van der Waals surface area contributed by atoms with Gasteiger partial charge in [0.15, 0.2) is 0 Å². The first-order valence-corrected chi connectivity index (χ1v) is 7.04. The van der Waals surface area contributed by atoms with Crippen LogP contribution in [0.5, 0.6) is 0 Å². The van der Waals surface area contributed by atoms with Crippen LogP contribution in [0.1, 0.15) is 25.7 Å². The molecule has 1 fully saturated rings. The maximum atomic E-state index is 6.30. The van der Waals surface area contributed by atoms with Gasteiger partial charge in [0.25, 0.3) is 0 Å². The van der Waals surface area contributed by atoms with Crippen molar-refractivity contribution in [2.75, 3.05) is 0 Å². The highest BCUT2D eigenvalue weighted by molar-refractivity contribution is 6.51. The predicted molar refractivity (Wildman–Crippen MR) is 75.2 cm³/mol. The Bertz CT molecular complexity index is 580. The third kappa shape index (κ3) is 2.15. The Balaban J connectivity index is 1.88. The summed E-state index contributed by atoms with van der Waals surface area (Å²) in [4.78, 5) is 4.42. The smallest absolute Gasteiger partial charge is 0.233 e. The first-order valence-electron chi connectivity index (χ1n) is 6.28. The Morgan fingerprint density at radius 1 is 1.21 bits per heavy atom. The van der Waals surface area contributed by atoms with Gasteiger partial charge in [-0.1, -0.05) is 49.3 Å². The zero-order valence-electron chi connectivity index (χ0n) is 10.7. The number of benzene rings is 1. The fourth-order valence-electron chi connectivity index (χ4n) is 2.56. The first-order chi connectivity index (χ1) is 9.01. The molecule has 100 valence electrons. The van der Waals surface area contributed by atoms with Crippen molar-refractivity contribution in [2.24, 2.45) is 11.8 Å². The fraction of sp³-hybridized carbons (Fsp3) is 0.429. The summed E-state index contributed by atoms with van der Waals surface area (Å²) in [5, 5.41) is 4.00. The normalized spacial score (nSPS) is 24.7. The van der Waals surface area contributed by atoms with Crippen molar-refractivity contribution in [2.45, 2.75) is 24.1 Å². The van der Waals surface area contributed by atoms with E-state index < -0.39 is 4.33 Å². The number of hydrogen-bond acceptors (Lipinski definition) is 3. The molecular formula is C14H14Cl2N2O. The SMILES string of the molecule is CC(C)C1C(c2nc(-c3ccccc3)no2)C1(Cl)Cl. The summed E-state index contributed by atoms with van der Waals surface area (Å²) >= 11 is 12.6. The van der Waals surface area contributed by atoms with Crippen molar-refractivity contribution < 1.29 is 4.52 Å². The Morgan fingerprint density at radius 2 is 1.89 bits per heavy atom. The molecule has 19 heavy (non-hydrogen) atoms. The molecular weight excluding hydrogens is 283 g/mol. The summed E-state index contributed by atoms with van der Waals surface area (Å²) < 4.78 is 4.55. The molecule has 0 bridgehead atoms. The van der Waals surface area contributed by atoms with Crippen molar-refractivity contribution in [3.8, 4) is 11.4 Å². The maximum absolute atomic E-state index is 6.30. The Kier molecular flexibility index (Phi) is 3.06. The van der Waals surface area contributed by atoms with Crippen LogP contribution in [0.25, 0.3) is 11.4 Å². The van der Waals surface area contributed by atoms with Gasteiger partial charge in [0.1, 0.15) is 4.33 Å². The molecule has 2 atom stereocenters. The van der Waals surface area contributed by atoms with Gasteiger partial charge in [-0.15, -0.1) is 23.2 Å². The maximum Gasteiger partial charge on any atom is 0.233 e. The van der Waals surface area contributed by atoms with Crippen LogP contribution >= 0.6 is 23.2 Å². The summed E-state index contributed by atoms with van der Waals surface area (Å²) in [6.45, 7) is 4.19. The third-order valence-corrected chi connectivity index (χ3v) is 4.54. The van der Waals surface area contributed by atoms with Gasteiger partial charge < -0.3 is 4.52 Å². The minimum absolute atomic E-state index is 0.0687. The van der Waals surface area contributed by atoms with E-state index in [0.717, 1.165) is 5.56 Å². The van der Waals surface area contributed by atoms with Gasteiger partial charge >= 0.3 is 0 Å². The molecule has 0 amide bonds. The van der Waals surface area contributed by atoms with Crippen molar-refractivity contribution in [3.63, 3.8) is 0 Å².